The number of anilines is 1. The summed E-state index contributed by atoms with van der Waals surface area (Å²) in [5.74, 6) is 0.761. The third-order valence-corrected chi connectivity index (χ3v) is 4.04. The number of hydrogen-bond donors (Lipinski definition) is 1. The molecule has 1 aromatic heterocycles. The number of amides is 2. The molecule has 1 N–H and O–H groups in total. The van der Waals surface area contributed by atoms with Crippen LogP contribution in [0.5, 0.6) is 0 Å². The standard InChI is InChI=1S/C15H14N4O2/c20-14-11-3-1-2-4-12(11)15(21)18(14)8-10-7-16-13-5-6-17-19(13)9-10/h1-6,10,16H,7-9H2. The molecule has 0 bridgehead atoms. The molecule has 1 aromatic carbocycles. The second-order valence-corrected chi connectivity index (χ2v) is 5.41. The van der Waals surface area contributed by atoms with Crippen LogP contribution in [-0.2, 0) is 6.54 Å². The number of rotatable bonds is 2. The number of nitrogens with one attached hydrogen (secondary N) is 1. The molecule has 2 aliphatic heterocycles. The lowest BCUT2D eigenvalue weighted by Gasteiger charge is -2.27. The molecule has 0 spiro atoms. The first kappa shape index (κ1) is 12.1. The third kappa shape index (κ3) is 1.83. The summed E-state index contributed by atoms with van der Waals surface area (Å²) in [5, 5.41) is 7.49. The van der Waals surface area contributed by atoms with E-state index in [0.29, 0.717) is 24.2 Å². The summed E-state index contributed by atoms with van der Waals surface area (Å²) in [6.07, 6.45) is 1.74. The largest absolute Gasteiger partial charge is 0.370 e. The zero-order valence-corrected chi connectivity index (χ0v) is 11.3. The van der Waals surface area contributed by atoms with Gasteiger partial charge in [-0.1, -0.05) is 12.1 Å². The Morgan fingerprint density at radius 2 is 1.86 bits per heavy atom. The molecule has 0 saturated heterocycles. The molecular weight excluding hydrogens is 268 g/mol. The van der Waals surface area contributed by atoms with Crippen molar-refractivity contribution >= 4 is 17.6 Å². The molecule has 6 heteroatoms. The van der Waals surface area contributed by atoms with Crippen molar-refractivity contribution in [1.29, 1.82) is 0 Å². The highest BCUT2D eigenvalue weighted by atomic mass is 16.2. The summed E-state index contributed by atoms with van der Waals surface area (Å²) < 4.78 is 1.87. The van der Waals surface area contributed by atoms with Crippen LogP contribution in [0.1, 0.15) is 20.7 Å². The maximum atomic E-state index is 12.3. The van der Waals surface area contributed by atoms with E-state index in [4.69, 9.17) is 0 Å². The molecule has 106 valence electrons. The summed E-state index contributed by atoms with van der Waals surface area (Å²) in [7, 11) is 0. The van der Waals surface area contributed by atoms with E-state index in [0.717, 1.165) is 12.4 Å². The van der Waals surface area contributed by atoms with Crippen molar-refractivity contribution in [2.24, 2.45) is 5.92 Å². The van der Waals surface area contributed by atoms with Crippen molar-refractivity contribution < 1.29 is 9.59 Å². The van der Waals surface area contributed by atoms with Crippen LogP contribution < -0.4 is 5.32 Å². The lowest BCUT2D eigenvalue weighted by molar-refractivity contribution is 0.0624. The number of fused-ring (bicyclic) bond motifs is 2. The molecule has 2 aromatic rings. The van der Waals surface area contributed by atoms with Crippen LogP contribution in [0.15, 0.2) is 36.5 Å². The lowest BCUT2D eigenvalue weighted by atomic mass is 10.1. The Kier molecular flexibility index (Phi) is 2.57. The van der Waals surface area contributed by atoms with E-state index < -0.39 is 0 Å². The van der Waals surface area contributed by atoms with Gasteiger partial charge in [0.25, 0.3) is 11.8 Å². The first-order valence-electron chi connectivity index (χ1n) is 6.95. The molecule has 21 heavy (non-hydrogen) atoms. The van der Waals surface area contributed by atoms with Crippen molar-refractivity contribution in [2.75, 3.05) is 18.4 Å². The smallest absolute Gasteiger partial charge is 0.261 e. The number of benzene rings is 1. The number of carbonyl (C=O) groups is 2. The van der Waals surface area contributed by atoms with Gasteiger partial charge in [-0.15, -0.1) is 0 Å². The molecular formula is C15H14N4O2. The van der Waals surface area contributed by atoms with Gasteiger partial charge in [0.2, 0.25) is 0 Å². The van der Waals surface area contributed by atoms with Crippen molar-refractivity contribution in [3.63, 3.8) is 0 Å². The fourth-order valence-electron chi connectivity index (χ4n) is 2.97. The molecule has 1 unspecified atom stereocenters. The average molecular weight is 282 g/mol. The second kappa shape index (κ2) is 4.44. The SMILES string of the molecule is O=C1c2ccccc2C(=O)N1CC1CNc2ccnn2C1. The minimum Gasteiger partial charge on any atom is -0.370 e. The molecule has 6 nitrogen and oxygen atoms in total. The highest BCUT2D eigenvalue weighted by Crippen LogP contribution is 2.25. The summed E-state index contributed by atoms with van der Waals surface area (Å²) in [6, 6.07) is 8.90. The molecule has 1 atom stereocenters. The predicted molar refractivity (Wildman–Crippen MR) is 76.0 cm³/mol. The van der Waals surface area contributed by atoms with Crippen molar-refractivity contribution in [3.05, 3.63) is 47.7 Å². The van der Waals surface area contributed by atoms with Crippen molar-refractivity contribution in [3.8, 4) is 0 Å². The zero-order chi connectivity index (χ0) is 14.4. The third-order valence-electron chi connectivity index (χ3n) is 4.04. The van der Waals surface area contributed by atoms with Crippen molar-refractivity contribution in [1.82, 2.24) is 14.7 Å². The van der Waals surface area contributed by atoms with E-state index >= 15 is 0 Å². The van der Waals surface area contributed by atoms with Gasteiger partial charge in [-0.2, -0.15) is 5.10 Å². The molecule has 2 aliphatic rings. The van der Waals surface area contributed by atoms with Gasteiger partial charge in [0.15, 0.2) is 0 Å². The van der Waals surface area contributed by atoms with E-state index in [1.807, 2.05) is 10.7 Å². The minimum absolute atomic E-state index is 0.166. The molecule has 3 heterocycles. The fourth-order valence-corrected chi connectivity index (χ4v) is 2.97. The van der Waals surface area contributed by atoms with E-state index in [1.165, 1.54) is 4.90 Å². The van der Waals surface area contributed by atoms with Gasteiger partial charge in [-0.3, -0.25) is 14.5 Å². The van der Waals surface area contributed by atoms with Crippen LogP contribution in [0.2, 0.25) is 0 Å². The molecule has 0 aliphatic carbocycles. The summed E-state index contributed by atoms with van der Waals surface area (Å²) in [4.78, 5) is 26.0. The van der Waals surface area contributed by atoms with Gasteiger partial charge < -0.3 is 5.32 Å². The topological polar surface area (TPSA) is 67.2 Å². The van der Waals surface area contributed by atoms with Crippen LogP contribution in [0, 0.1) is 5.92 Å². The number of hydrogen-bond acceptors (Lipinski definition) is 4. The van der Waals surface area contributed by atoms with Crippen molar-refractivity contribution in [2.45, 2.75) is 6.54 Å². The van der Waals surface area contributed by atoms with Gasteiger partial charge in [-0.25, -0.2) is 4.68 Å². The number of carbonyl (C=O) groups excluding carboxylic acids is 2. The van der Waals surface area contributed by atoms with Gasteiger partial charge >= 0.3 is 0 Å². The average Bonchev–Trinajstić information content (AvgIpc) is 3.06. The van der Waals surface area contributed by atoms with Gasteiger partial charge in [0.1, 0.15) is 5.82 Å². The molecule has 0 fully saturated rings. The first-order chi connectivity index (χ1) is 10.2. The van der Waals surface area contributed by atoms with E-state index in [-0.39, 0.29) is 17.7 Å². The van der Waals surface area contributed by atoms with Gasteiger partial charge in [0.05, 0.1) is 17.3 Å². The van der Waals surface area contributed by atoms with Gasteiger partial charge in [0, 0.05) is 31.6 Å². The van der Waals surface area contributed by atoms with Crippen LogP contribution >= 0.6 is 0 Å². The highest BCUT2D eigenvalue weighted by Gasteiger charge is 2.36. The normalized spacial score (nSPS) is 20.2. The summed E-state index contributed by atoms with van der Waals surface area (Å²) >= 11 is 0. The zero-order valence-electron chi connectivity index (χ0n) is 11.3. The molecule has 0 saturated carbocycles. The van der Waals surface area contributed by atoms with Crippen LogP contribution in [0.4, 0.5) is 5.82 Å². The Morgan fingerprint density at radius 1 is 1.14 bits per heavy atom. The molecule has 2 amide bonds. The first-order valence-corrected chi connectivity index (χ1v) is 6.95. The Labute approximate surface area is 121 Å². The molecule has 0 radical (unpaired) electrons. The number of aromatic nitrogens is 2. The van der Waals surface area contributed by atoms with E-state index in [2.05, 4.69) is 10.4 Å². The number of nitrogens with zero attached hydrogens (tertiary/aromatic N) is 3. The summed E-state index contributed by atoms with van der Waals surface area (Å²) in [6.45, 7) is 1.86. The Bertz CT molecular complexity index is 702. The predicted octanol–water partition coefficient (Wildman–Crippen LogP) is 1.22. The lowest BCUT2D eigenvalue weighted by Crippen LogP contribution is -2.40. The quantitative estimate of drug-likeness (QED) is 0.841. The highest BCUT2D eigenvalue weighted by molar-refractivity contribution is 6.21. The van der Waals surface area contributed by atoms with E-state index in [9.17, 15) is 9.59 Å². The van der Waals surface area contributed by atoms with E-state index in [1.54, 1.807) is 30.5 Å². The fraction of sp³-hybridized carbons (Fsp3) is 0.267. The minimum atomic E-state index is -0.193. The Balaban J connectivity index is 1.55. The van der Waals surface area contributed by atoms with Crippen LogP contribution in [-0.4, -0.2) is 39.6 Å². The number of imide groups is 1. The van der Waals surface area contributed by atoms with Crippen LogP contribution in [0.3, 0.4) is 0 Å². The van der Waals surface area contributed by atoms with Gasteiger partial charge in [-0.05, 0) is 12.1 Å². The second-order valence-electron chi connectivity index (χ2n) is 5.41. The maximum Gasteiger partial charge on any atom is 0.261 e. The van der Waals surface area contributed by atoms with Crippen LogP contribution in [0.25, 0.3) is 0 Å². The Morgan fingerprint density at radius 3 is 2.57 bits per heavy atom. The molecule has 4 rings (SSSR count). The Hall–Kier alpha value is -2.63. The maximum absolute atomic E-state index is 12.3. The summed E-state index contributed by atoms with van der Waals surface area (Å²) in [5.41, 5.74) is 1.01. The monoisotopic (exact) mass is 282 g/mol.